The number of halogens is 1. The third-order valence-electron chi connectivity index (χ3n) is 6.13. The Bertz CT molecular complexity index is 1320. The van der Waals surface area contributed by atoms with Crippen LogP contribution in [0.2, 0.25) is 0 Å². The van der Waals surface area contributed by atoms with Gasteiger partial charge in [-0.15, -0.1) is 0 Å². The fourth-order valence-corrected chi connectivity index (χ4v) is 4.30. The van der Waals surface area contributed by atoms with Gasteiger partial charge in [-0.1, -0.05) is 44.2 Å². The maximum Gasteiger partial charge on any atom is 0.256 e. The van der Waals surface area contributed by atoms with E-state index in [1.807, 2.05) is 41.2 Å². The maximum absolute atomic E-state index is 14.2. The summed E-state index contributed by atoms with van der Waals surface area (Å²) in [6.45, 7) is 6.54. The van der Waals surface area contributed by atoms with Crippen LogP contribution in [0.15, 0.2) is 60.8 Å². The van der Waals surface area contributed by atoms with Gasteiger partial charge in [0.25, 0.3) is 5.91 Å². The fraction of sp³-hybridized carbons (Fsp3) is 0.308. The van der Waals surface area contributed by atoms with Gasteiger partial charge in [0.1, 0.15) is 17.5 Å². The molecule has 2 aromatic heterocycles. The maximum atomic E-state index is 14.2. The van der Waals surface area contributed by atoms with Gasteiger partial charge in [-0.25, -0.2) is 19.0 Å². The van der Waals surface area contributed by atoms with Gasteiger partial charge < -0.3 is 9.80 Å². The molecule has 2 aromatic carbocycles. The summed E-state index contributed by atoms with van der Waals surface area (Å²) in [6, 6.07) is 16.1. The largest absolute Gasteiger partial charge is 0.354 e. The van der Waals surface area contributed by atoms with Crippen LogP contribution in [-0.4, -0.2) is 56.7 Å². The van der Waals surface area contributed by atoms with Gasteiger partial charge in [0.05, 0.1) is 22.8 Å². The Hall–Kier alpha value is -3.81. The summed E-state index contributed by atoms with van der Waals surface area (Å²) in [5.41, 5.74) is 1.82. The summed E-state index contributed by atoms with van der Waals surface area (Å²) < 4.78 is 16.0. The van der Waals surface area contributed by atoms with Gasteiger partial charge in [-0.05, 0) is 30.7 Å². The van der Waals surface area contributed by atoms with Crippen LogP contribution in [0.25, 0.3) is 16.7 Å². The van der Waals surface area contributed by atoms with Crippen LogP contribution in [0.5, 0.6) is 0 Å². The van der Waals surface area contributed by atoms with Gasteiger partial charge in [-0.2, -0.15) is 5.10 Å². The van der Waals surface area contributed by atoms with Crippen LogP contribution in [0.1, 0.15) is 42.4 Å². The minimum absolute atomic E-state index is 0.117. The third-order valence-corrected chi connectivity index (χ3v) is 6.13. The number of benzene rings is 2. The van der Waals surface area contributed by atoms with Crippen LogP contribution in [0.4, 0.5) is 10.2 Å². The summed E-state index contributed by atoms with van der Waals surface area (Å²) in [5, 5.41) is 5.50. The molecule has 3 heterocycles. The molecule has 34 heavy (non-hydrogen) atoms. The lowest BCUT2D eigenvalue weighted by Gasteiger charge is -2.24. The molecule has 0 atom stereocenters. The molecule has 0 bridgehead atoms. The summed E-state index contributed by atoms with van der Waals surface area (Å²) >= 11 is 0. The number of aromatic nitrogens is 4. The van der Waals surface area contributed by atoms with E-state index in [2.05, 4.69) is 23.8 Å². The number of amides is 1. The molecule has 0 radical (unpaired) electrons. The van der Waals surface area contributed by atoms with Crippen molar-refractivity contribution >= 4 is 22.8 Å². The highest BCUT2D eigenvalue weighted by atomic mass is 19.1. The highest BCUT2D eigenvalue weighted by molar-refractivity contribution is 5.94. The first-order valence-electron chi connectivity index (χ1n) is 11.6. The van der Waals surface area contributed by atoms with Crippen molar-refractivity contribution in [1.29, 1.82) is 0 Å². The summed E-state index contributed by atoms with van der Waals surface area (Å²) in [5.74, 6) is 0.974. The van der Waals surface area contributed by atoms with E-state index in [-0.39, 0.29) is 17.4 Å². The molecule has 174 valence electrons. The Balaban J connectivity index is 1.47. The molecule has 0 aliphatic carbocycles. The number of hydrogen-bond donors (Lipinski definition) is 0. The number of hydrogen-bond acceptors (Lipinski definition) is 5. The molecule has 1 fully saturated rings. The van der Waals surface area contributed by atoms with E-state index in [4.69, 9.17) is 9.97 Å². The Morgan fingerprint density at radius 1 is 0.941 bits per heavy atom. The molecule has 1 aliphatic rings. The standard InChI is InChI=1S/C26H27FN6O/c1-18(2)23-29-24(21-17-28-33(25(21)30-23)19-9-4-3-5-10-19)31-13-8-14-32(16-15-31)26(34)20-11-6-7-12-22(20)27/h3-7,9-12,17-18H,8,13-16H2,1-2H3. The Kier molecular flexibility index (Phi) is 5.96. The molecule has 0 unspecified atom stereocenters. The molecule has 0 N–H and O–H groups in total. The minimum atomic E-state index is -0.485. The third kappa shape index (κ3) is 4.11. The van der Waals surface area contributed by atoms with Crippen molar-refractivity contribution in [2.24, 2.45) is 0 Å². The van der Waals surface area contributed by atoms with Crippen molar-refractivity contribution in [3.8, 4) is 5.69 Å². The van der Waals surface area contributed by atoms with E-state index in [1.54, 1.807) is 23.1 Å². The summed E-state index contributed by atoms with van der Waals surface area (Å²) in [4.78, 5) is 26.6. The minimum Gasteiger partial charge on any atom is -0.354 e. The first-order valence-corrected chi connectivity index (χ1v) is 11.6. The Morgan fingerprint density at radius 2 is 1.71 bits per heavy atom. The van der Waals surface area contributed by atoms with Gasteiger partial charge in [0.2, 0.25) is 0 Å². The number of carbonyl (C=O) groups excluding carboxylic acids is 1. The highest BCUT2D eigenvalue weighted by Gasteiger charge is 2.25. The Morgan fingerprint density at radius 3 is 2.47 bits per heavy atom. The van der Waals surface area contributed by atoms with E-state index in [1.165, 1.54) is 6.07 Å². The topological polar surface area (TPSA) is 67.2 Å². The normalized spacial score (nSPS) is 14.6. The zero-order valence-corrected chi connectivity index (χ0v) is 19.4. The zero-order chi connectivity index (χ0) is 23.7. The van der Waals surface area contributed by atoms with Crippen molar-refractivity contribution in [3.05, 3.63) is 78.0 Å². The fourth-order valence-electron chi connectivity index (χ4n) is 4.30. The summed E-state index contributed by atoms with van der Waals surface area (Å²) in [7, 11) is 0. The molecule has 0 saturated carbocycles. The monoisotopic (exact) mass is 458 g/mol. The molecular weight excluding hydrogens is 431 g/mol. The molecule has 1 amide bonds. The molecule has 1 aliphatic heterocycles. The lowest BCUT2D eigenvalue weighted by atomic mass is 10.2. The first-order chi connectivity index (χ1) is 16.5. The van der Waals surface area contributed by atoms with Crippen LogP contribution in [0.3, 0.4) is 0 Å². The van der Waals surface area contributed by atoms with Gasteiger partial charge in [0.15, 0.2) is 5.65 Å². The van der Waals surface area contributed by atoms with E-state index in [9.17, 15) is 9.18 Å². The number of fused-ring (bicyclic) bond motifs is 1. The molecule has 8 heteroatoms. The van der Waals surface area contributed by atoms with Gasteiger partial charge >= 0.3 is 0 Å². The average Bonchev–Trinajstić information content (AvgIpc) is 3.13. The molecular formula is C26H27FN6O. The number of nitrogens with zero attached hydrogens (tertiary/aromatic N) is 6. The van der Waals surface area contributed by atoms with Crippen molar-refractivity contribution in [1.82, 2.24) is 24.6 Å². The summed E-state index contributed by atoms with van der Waals surface area (Å²) in [6.07, 6.45) is 2.57. The average molecular weight is 459 g/mol. The lowest BCUT2D eigenvalue weighted by molar-refractivity contribution is 0.0762. The molecule has 0 spiro atoms. The van der Waals surface area contributed by atoms with Crippen LogP contribution >= 0.6 is 0 Å². The second-order valence-corrected chi connectivity index (χ2v) is 8.80. The first kappa shape index (κ1) is 22.0. The second-order valence-electron chi connectivity index (χ2n) is 8.80. The number of para-hydroxylation sites is 1. The predicted molar refractivity (Wildman–Crippen MR) is 130 cm³/mol. The smallest absolute Gasteiger partial charge is 0.256 e. The lowest BCUT2D eigenvalue weighted by Crippen LogP contribution is -2.36. The number of carbonyl (C=O) groups is 1. The SMILES string of the molecule is CC(C)c1nc(N2CCCN(C(=O)c3ccccc3F)CC2)c2cnn(-c3ccccc3)c2n1. The number of rotatable bonds is 4. The molecule has 4 aromatic rings. The molecule has 5 rings (SSSR count). The van der Waals surface area contributed by atoms with Crippen molar-refractivity contribution in [3.63, 3.8) is 0 Å². The predicted octanol–water partition coefficient (Wildman–Crippen LogP) is 4.43. The van der Waals surface area contributed by atoms with Crippen LogP contribution in [0, 0.1) is 5.82 Å². The molecule has 7 nitrogen and oxygen atoms in total. The van der Waals surface area contributed by atoms with Gasteiger partial charge in [-0.3, -0.25) is 4.79 Å². The van der Waals surface area contributed by atoms with Gasteiger partial charge in [0, 0.05) is 32.1 Å². The van der Waals surface area contributed by atoms with E-state index in [0.29, 0.717) is 19.6 Å². The van der Waals surface area contributed by atoms with E-state index >= 15 is 0 Å². The van der Waals surface area contributed by atoms with Crippen molar-refractivity contribution in [2.45, 2.75) is 26.2 Å². The quantitative estimate of drug-likeness (QED) is 0.453. The Labute approximate surface area is 197 Å². The van der Waals surface area contributed by atoms with Crippen molar-refractivity contribution in [2.75, 3.05) is 31.1 Å². The van der Waals surface area contributed by atoms with Crippen LogP contribution < -0.4 is 4.90 Å². The second kappa shape index (κ2) is 9.21. The van der Waals surface area contributed by atoms with Crippen LogP contribution in [-0.2, 0) is 0 Å². The zero-order valence-electron chi connectivity index (χ0n) is 19.4. The number of anilines is 1. The van der Waals surface area contributed by atoms with E-state index < -0.39 is 5.82 Å². The van der Waals surface area contributed by atoms with Crippen molar-refractivity contribution < 1.29 is 9.18 Å². The molecule has 1 saturated heterocycles. The van der Waals surface area contributed by atoms with E-state index in [0.717, 1.165) is 41.3 Å². The highest BCUT2D eigenvalue weighted by Crippen LogP contribution is 2.28.